The Morgan fingerprint density at radius 1 is 1.05 bits per heavy atom. The predicted molar refractivity (Wildman–Crippen MR) is 84.0 cm³/mol. The van der Waals surface area contributed by atoms with Crippen molar-refractivity contribution in [1.29, 1.82) is 0 Å². The SMILES string of the molecule is Cc1nn(C)c(C)c1NCc1cccc2ccccc12. The second kappa shape index (κ2) is 5.00. The number of nitrogens with one attached hydrogen (secondary N) is 1. The van der Waals surface area contributed by atoms with E-state index in [4.69, 9.17) is 0 Å². The van der Waals surface area contributed by atoms with Crippen molar-refractivity contribution in [2.45, 2.75) is 20.4 Å². The van der Waals surface area contributed by atoms with E-state index in [0.717, 1.165) is 17.9 Å². The van der Waals surface area contributed by atoms with Gasteiger partial charge in [-0.15, -0.1) is 0 Å². The molecule has 3 rings (SSSR count). The number of fused-ring (bicyclic) bond motifs is 1. The molecule has 0 aliphatic carbocycles. The molecule has 1 heterocycles. The van der Waals surface area contributed by atoms with E-state index in [1.54, 1.807) is 0 Å². The molecule has 102 valence electrons. The van der Waals surface area contributed by atoms with E-state index in [9.17, 15) is 0 Å². The lowest BCUT2D eigenvalue weighted by Crippen LogP contribution is -2.02. The first-order chi connectivity index (χ1) is 9.66. The molecule has 0 spiro atoms. The van der Waals surface area contributed by atoms with Crippen LogP contribution < -0.4 is 5.32 Å². The van der Waals surface area contributed by atoms with E-state index in [2.05, 4.69) is 59.8 Å². The summed E-state index contributed by atoms with van der Waals surface area (Å²) in [4.78, 5) is 0. The Balaban J connectivity index is 1.91. The summed E-state index contributed by atoms with van der Waals surface area (Å²) in [6.07, 6.45) is 0. The van der Waals surface area contributed by atoms with E-state index in [1.807, 2.05) is 18.7 Å². The topological polar surface area (TPSA) is 29.9 Å². The van der Waals surface area contributed by atoms with Crippen LogP contribution in [0, 0.1) is 13.8 Å². The van der Waals surface area contributed by atoms with E-state index < -0.39 is 0 Å². The molecule has 0 radical (unpaired) electrons. The first kappa shape index (κ1) is 12.7. The number of rotatable bonds is 3. The maximum Gasteiger partial charge on any atom is 0.0827 e. The second-order valence-electron chi connectivity index (χ2n) is 5.16. The molecule has 1 aromatic heterocycles. The summed E-state index contributed by atoms with van der Waals surface area (Å²) in [5.74, 6) is 0. The van der Waals surface area contributed by atoms with Crippen molar-refractivity contribution in [2.75, 3.05) is 5.32 Å². The Labute approximate surface area is 119 Å². The molecule has 0 amide bonds. The minimum Gasteiger partial charge on any atom is -0.378 e. The highest BCUT2D eigenvalue weighted by Gasteiger charge is 2.09. The van der Waals surface area contributed by atoms with Crippen molar-refractivity contribution in [2.24, 2.45) is 7.05 Å². The van der Waals surface area contributed by atoms with Gasteiger partial charge in [-0.05, 0) is 30.2 Å². The highest BCUT2D eigenvalue weighted by atomic mass is 15.3. The Kier molecular flexibility index (Phi) is 3.18. The number of aryl methyl sites for hydroxylation is 2. The summed E-state index contributed by atoms with van der Waals surface area (Å²) >= 11 is 0. The van der Waals surface area contributed by atoms with Crippen molar-refractivity contribution < 1.29 is 0 Å². The maximum absolute atomic E-state index is 4.44. The van der Waals surface area contributed by atoms with Gasteiger partial charge in [0, 0.05) is 13.6 Å². The number of hydrogen-bond acceptors (Lipinski definition) is 2. The van der Waals surface area contributed by atoms with Gasteiger partial charge in [0.2, 0.25) is 0 Å². The monoisotopic (exact) mass is 265 g/mol. The smallest absolute Gasteiger partial charge is 0.0827 e. The molecule has 0 fully saturated rings. The third kappa shape index (κ3) is 2.16. The standard InChI is InChI=1S/C17H19N3/c1-12-17(13(2)20(3)19-12)18-11-15-9-6-8-14-7-4-5-10-16(14)15/h4-10,18H,11H2,1-3H3. The minimum absolute atomic E-state index is 0.814. The fraction of sp³-hybridized carbons (Fsp3) is 0.235. The lowest BCUT2D eigenvalue weighted by molar-refractivity contribution is 0.731. The number of anilines is 1. The molecule has 0 aliphatic rings. The van der Waals surface area contributed by atoms with Gasteiger partial charge >= 0.3 is 0 Å². The molecule has 3 aromatic rings. The molecule has 2 aromatic carbocycles. The average molecular weight is 265 g/mol. The normalized spacial score (nSPS) is 10.9. The molecule has 0 saturated carbocycles. The van der Waals surface area contributed by atoms with Crippen LogP contribution in [0.4, 0.5) is 5.69 Å². The number of nitrogens with zero attached hydrogens (tertiary/aromatic N) is 2. The Hall–Kier alpha value is -2.29. The van der Waals surface area contributed by atoms with Crippen LogP contribution in [-0.4, -0.2) is 9.78 Å². The van der Waals surface area contributed by atoms with Crippen molar-refractivity contribution >= 4 is 16.5 Å². The Morgan fingerprint density at radius 2 is 1.80 bits per heavy atom. The molecule has 0 saturated heterocycles. The number of aromatic nitrogens is 2. The molecular weight excluding hydrogens is 246 g/mol. The van der Waals surface area contributed by atoms with Crippen LogP contribution >= 0.6 is 0 Å². The fourth-order valence-corrected chi connectivity index (χ4v) is 2.66. The highest BCUT2D eigenvalue weighted by molar-refractivity contribution is 5.85. The predicted octanol–water partition coefficient (Wildman–Crippen LogP) is 3.80. The third-order valence-electron chi connectivity index (χ3n) is 3.84. The Morgan fingerprint density at radius 3 is 2.55 bits per heavy atom. The first-order valence-corrected chi connectivity index (χ1v) is 6.87. The second-order valence-corrected chi connectivity index (χ2v) is 5.16. The zero-order valence-electron chi connectivity index (χ0n) is 12.1. The zero-order chi connectivity index (χ0) is 14.1. The lowest BCUT2D eigenvalue weighted by Gasteiger charge is -2.10. The summed E-state index contributed by atoms with van der Waals surface area (Å²) in [5.41, 5.74) is 4.67. The minimum atomic E-state index is 0.814. The van der Waals surface area contributed by atoms with Crippen molar-refractivity contribution in [3.63, 3.8) is 0 Å². The third-order valence-corrected chi connectivity index (χ3v) is 3.84. The lowest BCUT2D eigenvalue weighted by atomic mass is 10.0. The summed E-state index contributed by atoms with van der Waals surface area (Å²) in [6, 6.07) is 14.9. The highest BCUT2D eigenvalue weighted by Crippen LogP contribution is 2.22. The molecule has 0 unspecified atom stereocenters. The molecule has 1 N–H and O–H groups in total. The maximum atomic E-state index is 4.44. The summed E-state index contributed by atoms with van der Waals surface area (Å²) < 4.78 is 1.92. The molecule has 3 nitrogen and oxygen atoms in total. The van der Waals surface area contributed by atoms with Crippen LogP contribution in [0.2, 0.25) is 0 Å². The molecule has 20 heavy (non-hydrogen) atoms. The van der Waals surface area contributed by atoms with Crippen molar-refractivity contribution in [1.82, 2.24) is 9.78 Å². The number of hydrogen-bond donors (Lipinski definition) is 1. The van der Waals surface area contributed by atoms with Crippen LogP contribution in [-0.2, 0) is 13.6 Å². The van der Waals surface area contributed by atoms with Crippen LogP contribution in [0.3, 0.4) is 0 Å². The van der Waals surface area contributed by atoms with Gasteiger partial charge < -0.3 is 5.32 Å². The van der Waals surface area contributed by atoms with E-state index >= 15 is 0 Å². The summed E-state index contributed by atoms with van der Waals surface area (Å²) in [5, 5.41) is 10.6. The van der Waals surface area contributed by atoms with Crippen LogP contribution in [0.25, 0.3) is 10.8 Å². The van der Waals surface area contributed by atoms with E-state index in [0.29, 0.717) is 0 Å². The van der Waals surface area contributed by atoms with E-state index in [-0.39, 0.29) is 0 Å². The molecule has 0 aliphatic heterocycles. The molecular formula is C17H19N3. The molecule has 3 heteroatoms. The first-order valence-electron chi connectivity index (χ1n) is 6.87. The summed E-state index contributed by atoms with van der Waals surface area (Å²) in [6.45, 7) is 4.94. The van der Waals surface area contributed by atoms with Gasteiger partial charge in [0.1, 0.15) is 0 Å². The van der Waals surface area contributed by atoms with Gasteiger partial charge in [-0.1, -0.05) is 42.5 Å². The Bertz CT molecular complexity index is 751. The fourth-order valence-electron chi connectivity index (χ4n) is 2.66. The zero-order valence-corrected chi connectivity index (χ0v) is 12.1. The van der Waals surface area contributed by atoms with Crippen molar-refractivity contribution in [3.8, 4) is 0 Å². The van der Waals surface area contributed by atoms with Gasteiger partial charge in [-0.25, -0.2) is 0 Å². The van der Waals surface area contributed by atoms with Gasteiger partial charge in [0.25, 0.3) is 0 Å². The van der Waals surface area contributed by atoms with Gasteiger partial charge in [0.05, 0.1) is 17.1 Å². The quantitative estimate of drug-likeness (QED) is 0.780. The van der Waals surface area contributed by atoms with Crippen LogP contribution in [0.1, 0.15) is 17.0 Å². The van der Waals surface area contributed by atoms with Gasteiger partial charge in [-0.2, -0.15) is 5.10 Å². The van der Waals surface area contributed by atoms with Gasteiger partial charge in [0.15, 0.2) is 0 Å². The number of benzene rings is 2. The molecule has 0 bridgehead atoms. The van der Waals surface area contributed by atoms with Crippen LogP contribution in [0.15, 0.2) is 42.5 Å². The van der Waals surface area contributed by atoms with Gasteiger partial charge in [-0.3, -0.25) is 4.68 Å². The largest absolute Gasteiger partial charge is 0.378 e. The summed E-state index contributed by atoms with van der Waals surface area (Å²) in [7, 11) is 1.98. The molecule has 0 atom stereocenters. The average Bonchev–Trinajstić information content (AvgIpc) is 2.70. The van der Waals surface area contributed by atoms with Crippen LogP contribution in [0.5, 0.6) is 0 Å². The van der Waals surface area contributed by atoms with E-state index in [1.165, 1.54) is 22.0 Å². The van der Waals surface area contributed by atoms with Crippen molar-refractivity contribution in [3.05, 3.63) is 59.4 Å².